The monoisotopic (exact) mass is 501 g/mol. The fourth-order valence-corrected chi connectivity index (χ4v) is 6.49. The summed E-state index contributed by atoms with van der Waals surface area (Å²) in [5, 5.41) is 1.63. The molecule has 4 aromatic rings. The molecule has 0 spiro atoms. The summed E-state index contributed by atoms with van der Waals surface area (Å²) in [5.41, 5.74) is 1.90. The van der Waals surface area contributed by atoms with Gasteiger partial charge in [0.1, 0.15) is 23.7 Å². The maximum Gasteiger partial charge on any atom is 0.244 e. The Kier molecular flexibility index (Phi) is 6.49. The first-order valence-electron chi connectivity index (χ1n) is 12.2. The van der Waals surface area contributed by atoms with Crippen molar-refractivity contribution in [2.45, 2.75) is 50.3 Å². The van der Waals surface area contributed by atoms with Crippen LogP contribution in [0.5, 0.6) is 11.5 Å². The third-order valence-corrected chi connectivity index (χ3v) is 8.29. The van der Waals surface area contributed by atoms with Crippen LogP contribution < -0.4 is 9.47 Å². The van der Waals surface area contributed by atoms with Gasteiger partial charge >= 0.3 is 0 Å². The number of hydrogen-bond acceptors (Lipinski definition) is 4. The molecule has 1 atom stereocenters. The van der Waals surface area contributed by atoms with E-state index < -0.39 is 10.0 Å². The van der Waals surface area contributed by atoms with E-state index in [2.05, 4.69) is 6.07 Å². The number of ether oxygens (including phenoxy) is 2. The fraction of sp³-hybridized carbons (Fsp3) is 0.267. The Morgan fingerprint density at radius 2 is 1.44 bits per heavy atom. The molecule has 0 fully saturated rings. The molecule has 5 nitrogen and oxygen atoms in total. The highest BCUT2D eigenvalue weighted by Crippen LogP contribution is 2.33. The van der Waals surface area contributed by atoms with E-state index in [-0.39, 0.29) is 18.2 Å². The second-order valence-corrected chi connectivity index (χ2v) is 12.0. The van der Waals surface area contributed by atoms with Crippen molar-refractivity contribution in [3.63, 3.8) is 0 Å². The molecule has 0 aromatic heterocycles. The maximum atomic E-state index is 14.1. The van der Waals surface area contributed by atoms with E-state index in [0.29, 0.717) is 23.6 Å². The zero-order chi connectivity index (χ0) is 25.3. The van der Waals surface area contributed by atoms with Crippen LogP contribution in [0, 0.1) is 0 Å². The first-order chi connectivity index (χ1) is 17.2. The molecular formula is C30H31NO4S. The van der Waals surface area contributed by atoms with Crippen LogP contribution >= 0.6 is 0 Å². The molecule has 0 aliphatic carbocycles. The molecular weight excluding hydrogens is 470 g/mol. The number of fused-ring (bicyclic) bond motifs is 2. The summed E-state index contributed by atoms with van der Waals surface area (Å²) in [4.78, 5) is 0.327. The quantitative estimate of drug-likeness (QED) is 0.315. The molecule has 0 saturated heterocycles. The van der Waals surface area contributed by atoms with Crippen molar-refractivity contribution < 1.29 is 17.9 Å². The van der Waals surface area contributed by atoms with Gasteiger partial charge in [-0.15, -0.1) is 0 Å². The van der Waals surface area contributed by atoms with Crippen molar-refractivity contribution in [3.8, 4) is 11.5 Å². The molecule has 186 valence electrons. The molecule has 1 aliphatic heterocycles. The topological polar surface area (TPSA) is 55.8 Å². The van der Waals surface area contributed by atoms with E-state index in [4.69, 9.17) is 9.47 Å². The maximum absolute atomic E-state index is 14.1. The van der Waals surface area contributed by atoms with Gasteiger partial charge in [-0.1, -0.05) is 60.7 Å². The molecule has 0 bridgehead atoms. The van der Waals surface area contributed by atoms with Crippen LogP contribution in [0.25, 0.3) is 10.8 Å². The summed E-state index contributed by atoms with van der Waals surface area (Å²) >= 11 is 0. The van der Waals surface area contributed by atoms with Crippen LogP contribution in [0.1, 0.15) is 31.9 Å². The smallest absolute Gasteiger partial charge is 0.244 e. The number of rotatable bonds is 6. The van der Waals surface area contributed by atoms with Crippen LogP contribution in [0.4, 0.5) is 0 Å². The lowest BCUT2D eigenvalue weighted by Gasteiger charge is -2.36. The van der Waals surface area contributed by atoms with Gasteiger partial charge in [-0.2, -0.15) is 4.31 Å². The van der Waals surface area contributed by atoms with Gasteiger partial charge in [0.2, 0.25) is 10.0 Å². The van der Waals surface area contributed by atoms with E-state index in [9.17, 15) is 8.42 Å². The minimum absolute atomic E-state index is 0.248. The molecule has 0 unspecified atom stereocenters. The molecule has 1 heterocycles. The van der Waals surface area contributed by atoms with Gasteiger partial charge in [0.05, 0.1) is 10.9 Å². The zero-order valence-electron chi connectivity index (χ0n) is 20.8. The van der Waals surface area contributed by atoms with E-state index in [1.807, 2.05) is 93.6 Å². The normalized spacial score (nSPS) is 16.5. The average Bonchev–Trinajstić information content (AvgIpc) is 2.86. The minimum Gasteiger partial charge on any atom is -0.492 e. The van der Waals surface area contributed by atoms with Gasteiger partial charge in [-0.05, 0) is 74.0 Å². The van der Waals surface area contributed by atoms with Crippen molar-refractivity contribution in [3.05, 3.63) is 102 Å². The highest BCUT2D eigenvalue weighted by molar-refractivity contribution is 7.89. The predicted molar refractivity (Wildman–Crippen MR) is 143 cm³/mol. The van der Waals surface area contributed by atoms with E-state index in [0.717, 1.165) is 27.6 Å². The molecule has 4 aromatic carbocycles. The van der Waals surface area contributed by atoms with Crippen molar-refractivity contribution in [2.24, 2.45) is 0 Å². The zero-order valence-corrected chi connectivity index (χ0v) is 21.7. The van der Waals surface area contributed by atoms with Crippen molar-refractivity contribution in [2.75, 3.05) is 6.61 Å². The SMILES string of the molecule is CC(C)(C)Oc1ccc(OC[C@@H]2Cc3ccccc3CN2S(=O)(=O)c2cccc3ccccc23)cc1. The molecule has 5 rings (SSSR count). The van der Waals surface area contributed by atoms with Gasteiger partial charge < -0.3 is 9.47 Å². The Balaban J connectivity index is 1.44. The molecule has 1 aliphatic rings. The summed E-state index contributed by atoms with van der Waals surface area (Å²) in [6.45, 7) is 6.57. The standard InChI is InChI=1S/C30H31NO4S/c1-30(2,3)35-27-17-15-26(16-18-27)34-21-25-19-23-10-4-5-11-24(23)20-31(25)36(32,33)29-14-8-12-22-9-6-7-13-28(22)29/h4-18,25H,19-21H2,1-3H3/t25-/m0/s1. The van der Waals surface area contributed by atoms with Crippen LogP contribution in [0.3, 0.4) is 0 Å². The number of sulfonamides is 1. The number of nitrogens with zero attached hydrogens (tertiary/aromatic N) is 1. The second kappa shape index (κ2) is 9.60. The van der Waals surface area contributed by atoms with Crippen LogP contribution in [-0.2, 0) is 23.0 Å². The van der Waals surface area contributed by atoms with Crippen molar-refractivity contribution >= 4 is 20.8 Å². The minimum atomic E-state index is -3.78. The molecule has 36 heavy (non-hydrogen) atoms. The summed E-state index contributed by atoms with van der Waals surface area (Å²) in [5.74, 6) is 1.44. The second-order valence-electron chi connectivity index (χ2n) is 10.2. The highest BCUT2D eigenvalue weighted by atomic mass is 32.2. The molecule has 6 heteroatoms. The summed E-state index contributed by atoms with van der Waals surface area (Å²) < 4.78 is 41.8. The third-order valence-electron chi connectivity index (χ3n) is 6.33. The van der Waals surface area contributed by atoms with Gasteiger partial charge in [-0.25, -0.2) is 8.42 Å². The van der Waals surface area contributed by atoms with Gasteiger partial charge in [0, 0.05) is 11.9 Å². The lowest BCUT2D eigenvalue weighted by molar-refractivity contribution is 0.130. The van der Waals surface area contributed by atoms with Crippen molar-refractivity contribution in [1.29, 1.82) is 0 Å². The molecule has 0 radical (unpaired) electrons. The van der Waals surface area contributed by atoms with E-state index in [1.165, 1.54) is 0 Å². The third kappa shape index (κ3) is 5.11. The summed E-state index contributed by atoms with van der Waals surface area (Å²) in [6, 6.07) is 28.2. The van der Waals surface area contributed by atoms with E-state index >= 15 is 0 Å². The van der Waals surface area contributed by atoms with Crippen LogP contribution in [-0.4, -0.2) is 31.0 Å². The lowest BCUT2D eigenvalue weighted by atomic mass is 9.96. The number of hydrogen-bond donors (Lipinski definition) is 0. The summed E-state index contributed by atoms with van der Waals surface area (Å²) in [6.07, 6.45) is 0.589. The Bertz CT molecular complexity index is 1470. The van der Waals surface area contributed by atoms with Crippen LogP contribution in [0.15, 0.2) is 95.9 Å². The first kappa shape index (κ1) is 24.3. The molecule has 0 saturated carbocycles. The molecule has 0 N–H and O–H groups in total. The Morgan fingerprint density at radius 1 is 0.806 bits per heavy atom. The van der Waals surface area contributed by atoms with Gasteiger partial charge in [0.15, 0.2) is 0 Å². The van der Waals surface area contributed by atoms with Gasteiger partial charge in [-0.3, -0.25) is 0 Å². The first-order valence-corrected chi connectivity index (χ1v) is 13.6. The van der Waals surface area contributed by atoms with Crippen LogP contribution in [0.2, 0.25) is 0 Å². The average molecular weight is 502 g/mol. The largest absolute Gasteiger partial charge is 0.492 e. The Morgan fingerprint density at radius 3 is 2.19 bits per heavy atom. The number of benzene rings is 4. The highest BCUT2D eigenvalue weighted by Gasteiger charge is 2.36. The van der Waals surface area contributed by atoms with Crippen molar-refractivity contribution in [1.82, 2.24) is 4.31 Å². The van der Waals surface area contributed by atoms with Gasteiger partial charge in [0.25, 0.3) is 0 Å². The Labute approximate surface area is 213 Å². The Hall–Kier alpha value is -3.35. The van der Waals surface area contributed by atoms with E-state index in [1.54, 1.807) is 16.4 Å². The predicted octanol–water partition coefficient (Wildman–Crippen LogP) is 6.21. The summed E-state index contributed by atoms with van der Waals surface area (Å²) in [7, 11) is -3.78. The fourth-order valence-electron chi connectivity index (χ4n) is 4.68. The lowest BCUT2D eigenvalue weighted by Crippen LogP contribution is -2.47. The molecule has 0 amide bonds.